The number of imide groups is 1. The summed E-state index contributed by atoms with van der Waals surface area (Å²) in [5, 5.41) is 2.71. The van der Waals surface area contributed by atoms with E-state index in [2.05, 4.69) is 5.32 Å². The van der Waals surface area contributed by atoms with Crippen molar-refractivity contribution in [2.24, 2.45) is 0 Å². The Balaban J connectivity index is 0.00000232. The van der Waals surface area contributed by atoms with Crippen LogP contribution in [0.4, 0.5) is 18.9 Å². The second-order valence-corrected chi connectivity index (χ2v) is 5.15. The molecule has 2 amide bonds. The van der Waals surface area contributed by atoms with Crippen molar-refractivity contribution in [1.29, 1.82) is 0 Å². The van der Waals surface area contributed by atoms with Gasteiger partial charge in [-0.25, -0.2) is 0 Å². The normalized spacial score (nSPS) is 11.3. The van der Waals surface area contributed by atoms with Crippen LogP contribution in [0.3, 0.4) is 0 Å². The highest BCUT2D eigenvalue weighted by atomic mass is 19.4. The lowest BCUT2D eigenvalue weighted by atomic mass is 10.0. The quantitative estimate of drug-likeness (QED) is 0.858. The number of hydrogen-bond donors (Lipinski definition) is 1. The number of likely N-dealkylation sites (N-methyl/N-ethyl adjacent to an activating group) is 1. The predicted octanol–water partition coefficient (Wildman–Crippen LogP) is 3.53. The number of halogens is 3. The van der Waals surface area contributed by atoms with Gasteiger partial charge in [-0.2, -0.15) is 13.2 Å². The van der Waals surface area contributed by atoms with Gasteiger partial charge in [-0.3, -0.25) is 14.5 Å². The first-order valence-electron chi connectivity index (χ1n) is 7.20. The Morgan fingerprint density at radius 2 is 1.74 bits per heavy atom. The second-order valence-electron chi connectivity index (χ2n) is 5.15. The maximum atomic E-state index is 12.9. The molecule has 0 aromatic heterocycles. The van der Waals surface area contributed by atoms with Crippen molar-refractivity contribution >= 4 is 18.0 Å². The number of carbonyl (C=O) groups excluding carboxylic acids is 2. The van der Waals surface area contributed by atoms with E-state index in [1.165, 1.54) is 40.0 Å². The van der Waals surface area contributed by atoms with Crippen LogP contribution >= 0.6 is 0 Å². The van der Waals surface area contributed by atoms with Crippen LogP contribution < -0.4 is 10.2 Å². The monoisotopic (exact) mass is 332 g/mol. The van der Waals surface area contributed by atoms with Crippen molar-refractivity contribution in [2.45, 2.75) is 46.3 Å². The van der Waals surface area contributed by atoms with E-state index < -0.39 is 23.2 Å². The number of anilines is 1. The van der Waals surface area contributed by atoms with Crippen LogP contribution in [0, 0.1) is 6.92 Å². The number of alkyl halides is 3. The van der Waals surface area contributed by atoms with Crippen molar-refractivity contribution in [1.82, 2.24) is 5.32 Å². The van der Waals surface area contributed by atoms with Crippen molar-refractivity contribution in [3.8, 4) is 0 Å². The average molecular weight is 332 g/mol. The van der Waals surface area contributed by atoms with E-state index >= 15 is 0 Å². The maximum Gasteiger partial charge on any atom is 0.416 e. The Kier molecular flexibility index (Phi) is 7.43. The summed E-state index contributed by atoms with van der Waals surface area (Å²) in [5.74, 6) is -0.642. The van der Waals surface area contributed by atoms with Gasteiger partial charge < -0.3 is 5.32 Å². The molecule has 0 aliphatic rings. The highest BCUT2D eigenvalue weighted by molar-refractivity contribution is 6.11. The van der Waals surface area contributed by atoms with Gasteiger partial charge in [-0.15, -0.1) is 0 Å². The van der Waals surface area contributed by atoms with Gasteiger partial charge in [0.25, 0.3) is 5.91 Å². The van der Waals surface area contributed by atoms with Crippen LogP contribution in [0.2, 0.25) is 0 Å². The molecule has 130 valence electrons. The highest BCUT2D eigenvalue weighted by Gasteiger charge is 2.35. The van der Waals surface area contributed by atoms with Gasteiger partial charge >= 0.3 is 6.18 Å². The van der Waals surface area contributed by atoms with Gasteiger partial charge in [0.05, 0.1) is 16.8 Å². The largest absolute Gasteiger partial charge is 0.416 e. The molecule has 7 heteroatoms. The molecule has 1 rings (SSSR count). The molecule has 1 N–H and O–H groups in total. The molecule has 0 bridgehead atoms. The minimum atomic E-state index is -4.55. The zero-order chi connectivity index (χ0) is 18.4. The molecule has 0 unspecified atom stereocenters. The molecule has 0 saturated heterocycles. The molecule has 1 aromatic rings. The van der Waals surface area contributed by atoms with E-state index in [-0.39, 0.29) is 17.7 Å². The third kappa shape index (κ3) is 5.06. The smallest absolute Gasteiger partial charge is 0.307 e. The van der Waals surface area contributed by atoms with Gasteiger partial charge in [0.2, 0.25) is 6.41 Å². The van der Waals surface area contributed by atoms with Gasteiger partial charge in [-0.1, -0.05) is 19.9 Å². The Labute approximate surface area is 134 Å². The fourth-order valence-electron chi connectivity index (χ4n) is 1.70. The van der Waals surface area contributed by atoms with Crippen LogP contribution in [0.5, 0.6) is 0 Å². The van der Waals surface area contributed by atoms with Crippen molar-refractivity contribution in [3.63, 3.8) is 0 Å². The lowest BCUT2D eigenvalue weighted by molar-refractivity contribution is -0.138. The van der Waals surface area contributed by atoms with Crippen molar-refractivity contribution in [2.75, 3.05) is 11.9 Å². The molecule has 0 heterocycles. The summed E-state index contributed by atoms with van der Waals surface area (Å²) in [6.07, 6.45) is -4.33. The third-order valence-corrected chi connectivity index (χ3v) is 3.29. The Morgan fingerprint density at radius 1 is 1.22 bits per heavy atom. The number of benzene rings is 1. The Morgan fingerprint density at radius 3 is 2.13 bits per heavy atom. The van der Waals surface area contributed by atoms with Crippen LogP contribution in [0.15, 0.2) is 18.2 Å². The second kappa shape index (κ2) is 8.10. The first-order valence-corrected chi connectivity index (χ1v) is 7.20. The fourth-order valence-corrected chi connectivity index (χ4v) is 1.70. The van der Waals surface area contributed by atoms with E-state index in [4.69, 9.17) is 0 Å². The number of carbonyl (C=O) groups is 2. The van der Waals surface area contributed by atoms with Crippen LogP contribution in [0.25, 0.3) is 0 Å². The van der Waals surface area contributed by atoms with Gasteiger partial charge in [0, 0.05) is 0 Å². The van der Waals surface area contributed by atoms with Gasteiger partial charge in [0.15, 0.2) is 0 Å². The lowest BCUT2D eigenvalue weighted by Gasteiger charge is -2.28. The number of hydrogen-bond acceptors (Lipinski definition) is 3. The predicted molar refractivity (Wildman–Crippen MR) is 84.2 cm³/mol. The molecule has 4 nitrogen and oxygen atoms in total. The van der Waals surface area contributed by atoms with Crippen LogP contribution in [-0.4, -0.2) is 24.9 Å². The van der Waals surface area contributed by atoms with Crippen molar-refractivity contribution in [3.05, 3.63) is 29.3 Å². The molecule has 0 spiro atoms. The highest BCUT2D eigenvalue weighted by Crippen LogP contribution is 2.34. The topological polar surface area (TPSA) is 49.4 Å². The average Bonchev–Trinajstić information content (AvgIpc) is 2.50. The SMILES string of the molecule is CC.CNC(C)(C)C(=O)N(C=O)c1ccc(C)c(C(F)(F)F)c1. The minimum Gasteiger partial charge on any atom is -0.307 e. The summed E-state index contributed by atoms with van der Waals surface area (Å²) >= 11 is 0. The number of nitrogens with one attached hydrogen (secondary N) is 1. The van der Waals surface area contributed by atoms with Gasteiger partial charge in [-0.05, 0) is 45.5 Å². The summed E-state index contributed by atoms with van der Waals surface area (Å²) in [7, 11) is 1.52. The molecule has 0 radical (unpaired) electrons. The molecular weight excluding hydrogens is 309 g/mol. The van der Waals surface area contributed by atoms with Gasteiger partial charge in [0.1, 0.15) is 0 Å². The van der Waals surface area contributed by atoms with Crippen LogP contribution in [0.1, 0.15) is 38.8 Å². The first-order chi connectivity index (χ1) is 10.5. The molecular formula is C16H23F3N2O2. The molecule has 23 heavy (non-hydrogen) atoms. The lowest BCUT2D eigenvalue weighted by Crippen LogP contribution is -2.52. The Bertz CT molecular complexity index is 555. The molecule has 0 aliphatic carbocycles. The zero-order valence-electron chi connectivity index (χ0n) is 14.2. The molecule has 1 aromatic carbocycles. The number of rotatable bonds is 4. The van der Waals surface area contributed by atoms with Crippen molar-refractivity contribution < 1.29 is 22.8 Å². The first kappa shape index (κ1) is 21.1. The van der Waals surface area contributed by atoms with E-state index in [1.54, 1.807) is 0 Å². The number of nitrogens with zero attached hydrogens (tertiary/aromatic N) is 1. The standard InChI is InChI=1S/C14H17F3N2O2.C2H6/c1-9-5-6-10(7-11(9)14(15,16)17)19(8-20)12(21)13(2,3)18-4;1-2/h5-8,18H,1-4H3;1-2H3. The minimum absolute atomic E-state index is 0.0254. The summed E-state index contributed by atoms with van der Waals surface area (Å²) in [4.78, 5) is 24.0. The van der Waals surface area contributed by atoms with E-state index in [1.807, 2.05) is 13.8 Å². The Hall–Kier alpha value is -1.89. The van der Waals surface area contributed by atoms with E-state index in [9.17, 15) is 22.8 Å². The summed E-state index contributed by atoms with van der Waals surface area (Å²) < 4.78 is 38.7. The zero-order valence-corrected chi connectivity index (χ0v) is 14.2. The molecule has 0 saturated carbocycles. The third-order valence-electron chi connectivity index (χ3n) is 3.29. The maximum absolute atomic E-state index is 12.9. The number of amides is 2. The van der Waals surface area contributed by atoms with E-state index in [0.717, 1.165) is 6.07 Å². The molecule has 0 aliphatic heterocycles. The summed E-state index contributed by atoms with van der Waals surface area (Å²) in [6.45, 7) is 8.38. The summed E-state index contributed by atoms with van der Waals surface area (Å²) in [5.41, 5.74) is -2.04. The van der Waals surface area contributed by atoms with Crippen LogP contribution in [-0.2, 0) is 15.8 Å². The van der Waals surface area contributed by atoms with E-state index in [0.29, 0.717) is 4.90 Å². The molecule has 0 atom stereocenters. The fraction of sp³-hybridized carbons (Fsp3) is 0.500. The molecule has 0 fully saturated rings. The summed E-state index contributed by atoms with van der Waals surface area (Å²) in [6, 6.07) is 3.34. The number of aryl methyl sites for hydroxylation is 1.